The fourth-order valence-electron chi connectivity index (χ4n) is 4.77. The molecule has 2 fully saturated rings. The summed E-state index contributed by atoms with van der Waals surface area (Å²) in [4.78, 5) is 23.7. The number of rotatable bonds is 5. The van der Waals surface area contributed by atoms with Crippen molar-refractivity contribution in [3.8, 4) is 0 Å². The fraction of sp³-hybridized carbons (Fsp3) is 0.385. The van der Waals surface area contributed by atoms with Crippen molar-refractivity contribution in [2.45, 2.75) is 19.8 Å². The highest BCUT2D eigenvalue weighted by molar-refractivity contribution is 5.93. The van der Waals surface area contributed by atoms with Crippen LogP contribution >= 0.6 is 24.8 Å². The van der Waals surface area contributed by atoms with E-state index in [0.717, 1.165) is 75.6 Å². The fourth-order valence-corrected chi connectivity index (χ4v) is 4.77. The summed E-state index contributed by atoms with van der Waals surface area (Å²) in [6.07, 6.45) is 1.99. The molecule has 0 atom stereocenters. The number of anilines is 2. The van der Waals surface area contributed by atoms with Gasteiger partial charge in [0, 0.05) is 68.3 Å². The molecule has 3 heterocycles. The third-order valence-corrected chi connectivity index (χ3v) is 6.58. The number of carbonyl (C=O) groups is 1. The van der Waals surface area contributed by atoms with Crippen LogP contribution in [0.3, 0.4) is 0 Å². The maximum atomic E-state index is 12.2. The van der Waals surface area contributed by atoms with Crippen molar-refractivity contribution in [1.29, 1.82) is 0 Å². The Kier molecular flexibility index (Phi) is 9.00. The molecule has 0 radical (unpaired) electrons. The predicted molar refractivity (Wildman–Crippen MR) is 145 cm³/mol. The van der Waals surface area contributed by atoms with Crippen molar-refractivity contribution >= 4 is 53.1 Å². The minimum Gasteiger partial charge on any atom is -0.368 e. The highest BCUT2D eigenvalue weighted by Gasteiger charge is 2.21. The average Bonchev–Trinajstić information content (AvgIpc) is 2.83. The lowest BCUT2D eigenvalue weighted by molar-refractivity contribution is 0.243. The van der Waals surface area contributed by atoms with Crippen molar-refractivity contribution in [2.75, 3.05) is 55.6 Å². The molecule has 0 bridgehead atoms. The molecule has 1 N–H and O–H groups in total. The molecular weight excluding hydrogens is 469 g/mol. The van der Waals surface area contributed by atoms with E-state index in [9.17, 15) is 4.79 Å². The van der Waals surface area contributed by atoms with E-state index >= 15 is 0 Å². The topological polar surface area (TPSA) is 51.7 Å². The summed E-state index contributed by atoms with van der Waals surface area (Å²) in [7, 11) is 0. The normalized spacial score (nSPS) is 16.6. The molecule has 2 aromatic carbocycles. The van der Waals surface area contributed by atoms with Gasteiger partial charge in [0.05, 0.1) is 5.52 Å². The summed E-state index contributed by atoms with van der Waals surface area (Å²) in [5.74, 6) is 0. The van der Waals surface area contributed by atoms with Gasteiger partial charge in [0.2, 0.25) is 0 Å². The molecule has 6 nitrogen and oxygen atoms in total. The van der Waals surface area contributed by atoms with Gasteiger partial charge in [-0.1, -0.05) is 18.2 Å². The van der Waals surface area contributed by atoms with E-state index in [0.29, 0.717) is 0 Å². The molecule has 182 valence electrons. The average molecular weight is 502 g/mol. The van der Waals surface area contributed by atoms with E-state index in [1.54, 1.807) is 0 Å². The minimum absolute atomic E-state index is 0. The zero-order valence-corrected chi connectivity index (χ0v) is 21.2. The Hall–Kier alpha value is -2.54. The van der Waals surface area contributed by atoms with E-state index in [4.69, 9.17) is 0 Å². The van der Waals surface area contributed by atoms with E-state index in [1.165, 1.54) is 16.6 Å². The van der Waals surface area contributed by atoms with Crippen LogP contribution in [0.25, 0.3) is 10.9 Å². The molecule has 3 aromatic rings. The van der Waals surface area contributed by atoms with Gasteiger partial charge in [-0.2, -0.15) is 0 Å². The van der Waals surface area contributed by atoms with E-state index < -0.39 is 0 Å². The van der Waals surface area contributed by atoms with E-state index in [1.807, 2.05) is 17.9 Å². The number of nitrogens with zero attached hydrogens (tertiary/aromatic N) is 4. The molecule has 0 spiro atoms. The van der Waals surface area contributed by atoms with Crippen molar-refractivity contribution in [3.63, 3.8) is 0 Å². The number of nitrogens with one attached hydrogen (secondary N) is 1. The lowest BCUT2D eigenvalue weighted by Gasteiger charge is -2.36. The lowest BCUT2D eigenvalue weighted by atomic mass is 10.1. The molecule has 5 rings (SSSR count). The van der Waals surface area contributed by atoms with Gasteiger partial charge in [0.15, 0.2) is 0 Å². The van der Waals surface area contributed by atoms with Crippen LogP contribution in [-0.2, 0) is 6.42 Å². The molecule has 0 aliphatic carbocycles. The molecule has 8 heteroatoms. The third-order valence-electron chi connectivity index (χ3n) is 6.58. The number of aromatic nitrogens is 1. The lowest BCUT2D eigenvalue weighted by Crippen LogP contribution is -2.47. The molecule has 0 saturated carbocycles. The maximum Gasteiger partial charge on any atom is 0.321 e. The Balaban J connectivity index is 0.00000162. The maximum absolute atomic E-state index is 12.2. The number of halogens is 2. The summed E-state index contributed by atoms with van der Waals surface area (Å²) < 4.78 is 0. The van der Waals surface area contributed by atoms with Gasteiger partial charge < -0.3 is 10.2 Å². The first-order valence-electron chi connectivity index (χ1n) is 11.7. The second kappa shape index (κ2) is 11.7. The number of hydrogen-bond acceptors (Lipinski definition) is 4. The van der Waals surface area contributed by atoms with Gasteiger partial charge >= 0.3 is 6.03 Å². The smallest absolute Gasteiger partial charge is 0.321 e. The first-order chi connectivity index (χ1) is 15.7. The van der Waals surface area contributed by atoms with E-state index in [2.05, 4.69) is 68.6 Å². The number of benzene rings is 2. The number of fused-ring (bicyclic) bond motifs is 1. The van der Waals surface area contributed by atoms with Crippen LogP contribution < -0.4 is 15.1 Å². The van der Waals surface area contributed by atoms with Crippen molar-refractivity contribution in [2.24, 2.45) is 0 Å². The highest BCUT2D eigenvalue weighted by Crippen LogP contribution is 2.27. The molecule has 0 unspecified atom stereocenters. The first kappa shape index (κ1) is 26.1. The van der Waals surface area contributed by atoms with Crippen molar-refractivity contribution in [1.82, 2.24) is 15.2 Å². The standard InChI is InChI=1S/C26H31N5O.2ClH/c1-20-9-10-23-24(28-20)7-3-8-25(23)30-17-15-29(16-18-30)14-11-21-5-2-6-22(19-21)31-13-4-12-27-26(31)32;;/h2-3,5-10,19H,4,11-18H2,1H3,(H,27,32);2*1H. The Bertz CT molecular complexity index is 1120. The monoisotopic (exact) mass is 501 g/mol. The zero-order valence-electron chi connectivity index (χ0n) is 19.6. The van der Waals surface area contributed by atoms with Gasteiger partial charge in [-0.15, -0.1) is 24.8 Å². The summed E-state index contributed by atoms with van der Waals surface area (Å²) >= 11 is 0. The predicted octanol–water partition coefficient (Wildman–Crippen LogP) is 4.67. The van der Waals surface area contributed by atoms with Crippen LogP contribution in [0.5, 0.6) is 0 Å². The van der Waals surface area contributed by atoms with Gasteiger partial charge in [-0.25, -0.2) is 4.79 Å². The first-order valence-corrected chi connectivity index (χ1v) is 11.7. The number of pyridine rings is 1. The Labute approximate surface area is 214 Å². The highest BCUT2D eigenvalue weighted by atomic mass is 35.5. The van der Waals surface area contributed by atoms with Crippen molar-refractivity contribution < 1.29 is 4.79 Å². The van der Waals surface area contributed by atoms with Crippen LogP contribution in [0.2, 0.25) is 0 Å². The van der Waals surface area contributed by atoms with Gasteiger partial charge in [0.1, 0.15) is 0 Å². The number of piperazine rings is 1. The van der Waals surface area contributed by atoms with Crippen LogP contribution in [0.4, 0.5) is 16.2 Å². The molecular formula is C26H33Cl2N5O. The largest absolute Gasteiger partial charge is 0.368 e. The van der Waals surface area contributed by atoms with Crippen LogP contribution in [0.15, 0.2) is 54.6 Å². The summed E-state index contributed by atoms with van der Waals surface area (Å²) in [6, 6.07) is 19.2. The second-order valence-corrected chi connectivity index (χ2v) is 8.78. The van der Waals surface area contributed by atoms with Crippen LogP contribution in [-0.4, -0.2) is 61.7 Å². The number of carbonyl (C=O) groups excluding carboxylic acids is 1. The summed E-state index contributed by atoms with van der Waals surface area (Å²) in [5, 5.41) is 4.18. The molecule has 2 amide bonds. The summed E-state index contributed by atoms with van der Waals surface area (Å²) in [5.41, 5.74) is 5.72. The number of hydrogen-bond donors (Lipinski definition) is 1. The molecule has 34 heavy (non-hydrogen) atoms. The second-order valence-electron chi connectivity index (χ2n) is 8.78. The molecule has 2 aliphatic rings. The van der Waals surface area contributed by atoms with Gasteiger partial charge in [-0.3, -0.25) is 14.8 Å². The number of urea groups is 1. The van der Waals surface area contributed by atoms with Crippen LogP contribution in [0, 0.1) is 6.92 Å². The minimum atomic E-state index is 0. The van der Waals surface area contributed by atoms with Gasteiger partial charge in [-0.05, 0) is 61.7 Å². The van der Waals surface area contributed by atoms with Crippen LogP contribution in [0.1, 0.15) is 17.7 Å². The number of aryl methyl sites for hydroxylation is 1. The van der Waals surface area contributed by atoms with Gasteiger partial charge in [0.25, 0.3) is 0 Å². The quantitative estimate of drug-likeness (QED) is 0.551. The Morgan fingerprint density at radius 1 is 0.941 bits per heavy atom. The molecule has 1 aromatic heterocycles. The zero-order chi connectivity index (χ0) is 21.9. The molecule has 2 aliphatic heterocycles. The third kappa shape index (κ3) is 5.74. The Morgan fingerprint density at radius 2 is 1.74 bits per heavy atom. The summed E-state index contributed by atoms with van der Waals surface area (Å²) in [6.45, 7) is 8.83. The number of amides is 2. The Morgan fingerprint density at radius 3 is 2.53 bits per heavy atom. The molecule has 2 saturated heterocycles. The van der Waals surface area contributed by atoms with Crippen molar-refractivity contribution in [3.05, 3.63) is 65.9 Å². The van der Waals surface area contributed by atoms with E-state index in [-0.39, 0.29) is 30.8 Å². The SMILES string of the molecule is Cc1ccc2c(N3CCN(CCc4cccc(N5CCCNC5=O)c4)CC3)cccc2n1.Cl.Cl.